The van der Waals surface area contributed by atoms with E-state index in [9.17, 15) is 0 Å². The molecule has 0 saturated heterocycles. The normalized spacial score (nSPS) is 4.50. The summed E-state index contributed by atoms with van der Waals surface area (Å²) in [5.41, 5.74) is 0. The third-order valence-electron chi connectivity index (χ3n) is 0. The van der Waals surface area contributed by atoms with E-state index >= 15 is 0 Å². The summed E-state index contributed by atoms with van der Waals surface area (Å²) in [5, 5.41) is 13.6. The van der Waals surface area contributed by atoms with Gasteiger partial charge in [-0.1, -0.05) is 0 Å². The van der Waals surface area contributed by atoms with E-state index < -0.39 is 5.09 Å². The van der Waals surface area contributed by atoms with E-state index in [1.165, 1.54) is 0 Å². The van der Waals surface area contributed by atoms with E-state index in [0.29, 0.717) is 16.2 Å². The third-order valence-corrected chi connectivity index (χ3v) is 0. The minimum atomic E-state index is -1.50. The molecular formula is H2AlNO4. The van der Waals surface area contributed by atoms with Crippen LogP contribution in [0.4, 0.5) is 0 Å². The van der Waals surface area contributed by atoms with Gasteiger partial charge in [-0.3, -0.25) is 0 Å². The molecule has 0 aromatic heterocycles. The van der Waals surface area contributed by atoms with Gasteiger partial charge in [-0.15, -0.1) is 10.1 Å². The van der Waals surface area contributed by atoms with E-state index in [4.69, 9.17) is 19.1 Å². The second-order valence-corrected chi connectivity index (χ2v) is 0.238. The van der Waals surface area contributed by atoms with Crippen molar-refractivity contribution in [1.29, 1.82) is 0 Å². The van der Waals surface area contributed by atoms with Crippen LogP contribution in [0.2, 0.25) is 0 Å². The van der Waals surface area contributed by atoms with E-state index in [2.05, 4.69) is 0 Å². The zero-order valence-corrected chi connectivity index (χ0v) is 4.24. The molecule has 0 bridgehead atoms. The first-order valence-electron chi connectivity index (χ1n) is 0.854. The van der Waals surface area contributed by atoms with Crippen molar-refractivity contribution in [2.75, 3.05) is 0 Å². The summed E-state index contributed by atoms with van der Waals surface area (Å²) >= 11 is 0.611. The van der Waals surface area contributed by atoms with E-state index in [-0.39, 0.29) is 0 Å². The quantitative estimate of drug-likeness (QED) is 0.241. The van der Waals surface area contributed by atoms with Crippen molar-refractivity contribution in [1.82, 2.24) is 0 Å². The van der Waals surface area contributed by atoms with E-state index in [0.717, 1.165) is 0 Å². The van der Waals surface area contributed by atoms with Crippen LogP contribution < -0.4 is 0 Å². The summed E-state index contributed by atoms with van der Waals surface area (Å²) < 4.78 is 8.28. The number of nitrogens with zero attached hydrogens (tertiary/aromatic N) is 1. The predicted octanol–water partition coefficient (Wildman–Crippen LogP) is -1.12. The molecule has 34 valence electrons. The van der Waals surface area contributed by atoms with Crippen LogP contribution in [0.25, 0.3) is 0 Å². The van der Waals surface area contributed by atoms with Gasteiger partial charge in [-0.2, -0.15) is 0 Å². The van der Waals surface area contributed by atoms with Crippen molar-refractivity contribution in [2.45, 2.75) is 0 Å². The maximum absolute atomic E-state index is 8.36. The standard InChI is InChI=1S/Al.HNO3.O.H/c;2-1(3)4;;/h;(H,2,3,4);;. The van der Waals surface area contributed by atoms with Crippen molar-refractivity contribution in [3.05, 3.63) is 10.1 Å². The van der Waals surface area contributed by atoms with Crippen molar-refractivity contribution in [3.63, 3.8) is 0 Å². The van der Waals surface area contributed by atoms with Gasteiger partial charge in [-0.25, -0.2) is 0 Å². The first-order chi connectivity index (χ1) is 2.73. The molecule has 0 aliphatic heterocycles. The molecule has 6 heavy (non-hydrogen) atoms. The van der Waals surface area contributed by atoms with Crippen LogP contribution in [0, 0.1) is 10.1 Å². The third kappa shape index (κ3) is 104. The Hall–Kier alpha value is -0.468. The molecule has 0 aliphatic rings. The molecule has 0 aromatic carbocycles. The van der Waals surface area contributed by atoms with Crippen LogP contribution in [-0.2, 0) is 3.80 Å². The first-order valence-corrected chi connectivity index (χ1v) is 1.43. The van der Waals surface area contributed by atoms with Crippen LogP contribution in [0.15, 0.2) is 0 Å². The molecule has 0 rings (SSSR count). The molecule has 0 atom stereocenters. The zero-order chi connectivity index (χ0) is 5.58. The fourth-order valence-corrected chi connectivity index (χ4v) is 0. The summed E-state index contributed by atoms with van der Waals surface area (Å²) in [5.74, 6) is 0. The molecule has 0 heterocycles. The van der Waals surface area contributed by atoms with Gasteiger partial charge in [0, 0.05) is 0 Å². The molecule has 1 N–H and O–H groups in total. The van der Waals surface area contributed by atoms with Crippen LogP contribution >= 0.6 is 0 Å². The summed E-state index contributed by atoms with van der Waals surface area (Å²) in [4.78, 5) is 8.36. The van der Waals surface area contributed by atoms with Gasteiger partial charge in [0.2, 0.25) is 0 Å². The van der Waals surface area contributed by atoms with Crippen molar-refractivity contribution in [3.8, 4) is 0 Å². The summed E-state index contributed by atoms with van der Waals surface area (Å²) in [6.45, 7) is 0. The van der Waals surface area contributed by atoms with Crippen LogP contribution in [-0.4, -0.2) is 26.5 Å². The van der Waals surface area contributed by atoms with Gasteiger partial charge in [0.25, 0.3) is 5.09 Å². The molecule has 0 radical (unpaired) electrons. The Kier molecular flexibility index (Phi) is 13.4. The summed E-state index contributed by atoms with van der Waals surface area (Å²) in [7, 11) is 0. The van der Waals surface area contributed by atoms with E-state index in [1.807, 2.05) is 0 Å². The van der Waals surface area contributed by atoms with Gasteiger partial charge in [0.15, 0.2) is 0 Å². The predicted molar refractivity (Wildman–Crippen MR) is 16.6 cm³/mol. The molecule has 0 amide bonds. The maximum atomic E-state index is 8.36. The molecular weight excluding hydrogens is 105 g/mol. The Balaban J connectivity index is 0. The van der Waals surface area contributed by atoms with Crippen molar-refractivity contribution < 1.29 is 14.1 Å². The summed E-state index contributed by atoms with van der Waals surface area (Å²) in [6.07, 6.45) is 0. The fourth-order valence-electron chi connectivity index (χ4n) is 0. The van der Waals surface area contributed by atoms with Crippen molar-refractivity contribution in [2.24, 2.45) is 0 Å². The fraction of sp³-hybridized carbons (Fsp3) is 0. The Bertz CT molecular complexity index is 38.8. The molecule has 0 aromatic rings. The number of hydrogen-bond acceptors (Lipinski definition) is 3. The Morgan fingerprint density at radius 2 is 1.67 bits per heavy atom. The van der Waals surface area contributed by atoms with Gasteiger partial charge < -0.3 is 5.21 Å². The second kappa shape index (κ2) is 8.82. The van der Waals surface area contributed by atoms with Crippen molar-refractivity contribution >= 4 is 16.2 Å². The average Bonchev–Trinajstić information content (AvgIpc) is 1.41. The molecule has 0 unspecified atom stereocenters. The minimum absolute atomic E-state index is 0.611. The second-order valence-electron chi connectivity index (χ2n) is 0.238. The molecule has 0 saturated carbocycles. The van der Waals surface area contributed by atoms with Gasteiger partial charge in [-0.05, 0) is 0 Å². The monoisotopic (exact) mass is 107 g/mol. The Morgan fingerprint density at radius 1 is 1.67 bits per heavy atom. The molecule has 6 heteroatoms. The van der Waals surface area contributed by atoms with Crippen LogP contribution in [0.3, 0.4) is 0 Å². The molecule has 0 spiro atoms. The molecule has 5 nitrogen and oxygen atoms in total. The molecule has 0 fully saturated rings. The number of hydrogen-bond donors (Lipinski definition) is 1. The van der Waals surface area contributed by atoms with Gasteiger partial charge in [0.1, 0.15) is 0 Å². The topological polar surface area (TPSA) is 80.4 Å². The number of rotatable bonds is 0. The summed E-state index contributed by atoms with van der Waals surface area (Å²) in [6, 6.07) is 0. The first kappa shape index (κ1) is 9.11. The Labute approximate surface area is 41.3 Å². The molecule has 0 aliphatic carbocycles. The zero-order valence-electron chi connectivity index (χ0n) is 2.83. The van der Waals surface area contributed by atoms with Gasteiger partial charge in [0.05, 0.1) is 0 Å². The van der Waals surface area contributed by atoms with Gasteiger partial charge >= 0.3 is 20.0 Å². The van der Waals surface area contributed by atoms with Crippen LogP contribution in [0.1, 0.15) is 0 Å². The average molecular weight is 107 g/mol. The van der Waals surface area contributed by atoms with Crippen LogP contribution in [0.5, 0.6) is 0 Å². The Morgan fingerprint density at radius 3 is 1.67 bits per heavy atom. The van der Waals surface area contributed by atoms with E-state index in [1.54, 1.807) is 0 Å². The SMILES string of the molecule is O=[N+]([O-])O.[O]=[AlH].